The average molecular weight is 342 g/mol. The van der Waals surface area contributed by atoms with Crippen LogP contribution in [0.1, 0.15) is 0 Å². The zero-order chi connectivity index (χ0) is 17.1. The van der Waals surface area contributed by atoms with Gasteiger partial charge in [-0.3, -0.25) is 0 Å². The Labute approximate surface area is 142 Å². The van der Waals surface area contributed by atoms with E-state index >= 15 is 0 Å². The summed E-state index contributed by atoms with van der Waals surface area (Å²) in [7, 11) is 0. The standard InChI is InChI=1S/C16H6N8O2/c1-2-19-22-12-9(1)25-10-5-7(20-23-13(10)12)8-6-11-14(24-21-8)15-16(26-11)18-4-3-17-15/h1-6H. The zero-order valence-corrected chi connectivity index (χ0v) is 12.9. The molecule has 26 heavy (non-hydrogen) atoms. The maximum Gasteiger partial charge on any atom is 0.248 e. The van der Waals surface area contributed by atoms with Crippen LogP contribution < -0.4 is 0 Å². The summed E-state index contributed by atoms with van der Waals surface area (Å²) < 4.78 is 11.4. The highest BCUT2D eigenvalue weighted by Crippen LogP contribution is 2.29. The van der Waals surface area contributed by atoms with Crippen LogP contribution in [0.25, 0.3) is 55.9 Å². The van der Waals surface area contributed by atoms with Crippen molar-refractivity contribution in [3.8, 4) is 11.4 Å². The van der Waals surface area contributed by atoms with Gasteiger partial charge in [-0.25, -0.2) is 9.97 Å². The second kappa shape index (κ2) is 4.72. The van der Waals surface area contributed by atoms with Crippen molar-refractivity contribution in [2.75, 3.05) is 0 Å². The predicted molar refractivity (Wildman–Crippen MR) is 88.8 cm³/mol. The van der Waals surface area contributed by atoms with E-state index in [2.05, 4.69) is 40.6 Å². The SMILES string of the molecule is c1cc2oc3cc(-c4cc5oc6nccnc6c5nn4)nnc3c2nn1. The van der Waals surface area contributed by atoms with Gasteiger partial charge in [0.25, 0.3) is 0 Å². The fourth-order valence-corrected chi connectivity index (χ4v) is 2.83. The Kier molecular flexibility index (Phi) is 2.41. The predicted octanol–water partition coefficient (Wildman–Crippen LogP) is 2.31. The summed E-state index contributed by atoms with van der Waals surface area (Å²) in [5.41, 5.74) is 5.29. The van der Waals surface area contributed by atoms with E-state index in [1.165, 1.54) is 0 Å². The summed E-state index contributed by atoms with van der Waals surface area (Å²) in [6.07, 6.45) is 4.70. The molecule has 10 heteroatoms. The molecule has 0 aliphatic heterocycles. The Bertz CT molecular complexity index is 1340. The first kappa shape index (κ1) is 13.2. The molecule has 0 amide bonds. The van der Waals surface area contributed by atoms with Gasteiger partial charge < -0.3 is 8.83 Å². The topological polar surface area (TPSA) is 129 Å². The summed E-state index contributed by atoms with van der Waals surface area (Å²) in [6, 6.07) is 5.19. The summed E-state index contributed by atoms with van der Waals surface area (Å²) in [5.74, 6) is 0. The molecule has 0 aliphatic carbocycles. The van der Waals surface area contributed by atoms with Crippen LogP contribution in [0.2, 0.25) is 0 Å². The maximum atomic E-state index is 5.75. The van der Waals surface area contributed by atoms with Gasteiger partial charge in [0.2, 0.25) is 5.71 Å². The van der Waals surface area contributed by atoms with Crippen LogP contribution in [-0.2, 0) is 0 Å². The third kappa shape index (κ3) is 1.75. The maximum absolute atomic E-state index is 5.75. The summed E-state index contributed by atoms with van der Waals surface area (Å²) in [6.45, 7) is 0. The van der Waals surface area contributed by atoms with Crippen LogP contribution in [0.5, 0.6) is 0 Å². The number of hydrogen-bond acceptors (Lipinski definition) is 10. The van der Waals surface area contributed by atoms with Gasteiger partial charge in [-0.15, -0.1) is 25.5 Å². The van der Waals surface area contributed by atoms with Crippen molar-refractivity contribution in [1.82, 2.24) is 40.6 Å². The van der Waals surface area contributed by atoms with Crippen LogP contribution in [0.4, 0.5) is 0 Å². The average Bonchev–Trinajstić information content (AvgIpc) is 3.24. The normalized spacial score (nSPS) is 11.8. The molecule has 0 unspecified atom stereocenters. The highest BCUT2D eigenvalue weighted by molar-refractivity contribution is 6.00. The van der Waals surface area contributed by atoms with Gasteiger partial charge in [-0.1, -0.05) is 0 Å². The minimum atomic E-state index is 0.409. The lowest BCUT2D eigenvalue weighted by Crippen LogP contribution is -1.93. The van der Waals surface area contributed by atoms with Crippen molar-refractivity contribution in [2.45, 2.75) is 0 Å². The van der Waals surface area contributed by atoms with Crippen molar-refractivity contribution >= 4 is 44.5 Å². The third-order valence-corrected chi connectivity index (χ3v) is 4.00. The van der Waals surface area contributed by atoms with Crippen LogP contribution in [0, 0.1) is 0 Å². The van der Waals surface area contributed by atoms with Crippen LogP contribution in [0.3, 0.4) is 0 Å². The first-order chi connectivity index (χ1) is 12.9. The van der Waals surface area contributed by atoms with Gasteiger partial charge in [0, 0.05) is 30.6 Å². The van der Waals surface area contributed by atoms with Crippen molar-refractivity contribution in [1.29, 1.82) is 0 Å². The molecule has 0 fully saturated rings. The molecule has 6 aromatic rings. The minimum Gasteiger partial charge on any atom is -0.452 e. The third-order valence-electron chi connectivity index (χ3n) is 4.00. The molecule has 0 spiro atoms. The molecule has 0 aliphatic rings. The van der Waals surface area contributed by atoms with E-state index in [0.717, 1.165) is 0 Å². The fraction of sp³-hybridized carbons (Fsp3) is 0. The first-order valence-corrected chi connectivity index (χ1v) is 7.62. The summed E-state index contributed by atoms with van der Waals surface area (Å²) >= 11 is 0. The Hall–Kier alpha value is -4.08. The summed E-state index contributed by atoms with van der Waals surface area (Å²) in [4.78, 5) is 8.36. The van der Waals surface area contributed by atoms with Crippen molar-refractivity contribution in [2.24, 2.45) is 0 Å². The number of hydrogen-bond donors (Lipinski definition) is 0. The molecule has 0 atom stereocenters. The van der Waals surface area contributed by atoms with E-state index in [4.69, 9.17) is 8.83 Å². The molecular formula is C16H6N8O2. The largest absolute Gasteiger partial charge is 0.452 e. The molecule has 0 saturated heterocycles. The lowest BCUT2D eigenvalue weighted by Gasteiger charge is -1.97. The smallest absolute Gasteiger partial charge is 0.248 e. The lowest BCUT2D eigenvalue weighted by molar-refractivity contribution is 0.651. The molecule has 6 aromatic heterocycles. The Morgan fingerprint density at radius 2 is 1.27 bits per heavy atom. The molecule has 6 heterocycles. The van der Waals surface area contributed by atoms with E-state index in [1.54, 1.807) is 36.8 Å². The quantitative estimate of drug-likeness (QED) is 0.438. The molecule has 0 radical (unpaired) electrons. The number of furan rings is 2. The van der Waals surface area contributed by atoms with E-state index in [9.17, 15) is 0 Å². The van der Waals surface area contributed by atoms with Crippen molar-refractivity contribution < 1.29 is 8.83 Å². The van der Waals surface area contributed by atoms with Gasteiger partial charge in [0.05, 0.1) is 6.20 Å². The molecule has 10 nitrogen and oxygen atoms in total. The van der Waals surface area contributed by atoms with E-state index in [1.807, 2.05) is 0 Å². The molecule has 0 aromatic carbocycles. The second-order valence-corrected chi connectivity index (χ2v) is 5.54. The molecular weight excluding hydrogens is 336 g/mol. The molecule has 0 bridgehead atoms. The highest BCUT2D eigenvalue weighted by Gasteiger charge is 2.16. The van der Waals surface area contributed by atoms with Crippen molar-refractivity contribution in [3.05, 3.63) is 36.8 Å². The molecule has 122 valence electrons. The van der Waals surface area contributed by atoms with Crippen molar-refractivity contribution in [3.63, 3.8) is 0 Å². The monoisotopic (exact) mass is 342 g/mol. The van der Waals surface area contributed by atoms with Gasteiger partial charge in [0.1, 0.15) is 11.4 Å². The Morgan fingerprint density at radius 1 is 0.577 bits per heavy atom. The van der Waals surface area contributed by atoms with Crippen LogP contribution in [0.15, 0.2) is 45.6 Å². The summed E-state index contributed by atoms with van der Waals surface area (Å²) in [5, 5.41) is 24.7. The Balaban J connectivity index is 1.57. The number of rotatable bonds is 1. The number of fused-ring (bicyclic) bond motifs is 6. The second-order valence-electron chi connectivity index (χ2n) is 5.54. The van der Waals surface area contributed by atoms with Gasteiger partial charge in [-0.05, 0) is 0 Å². The van der Waals surface area contributed by atoms with E-state index in [0.29, 0.717) is 55.9 Å². The van der Waals surface area contributed by atoms with Gasteiger partial charge >= 0.3 is 0 Å². The van der Waals surface area contributed by atoms with Gasteiger partial charge in [0.15, 0.2) is 38.8 Å². The first-order valence-electron chi connectivity index (χ1n) is 7.62. The molecule has 6 rings (SSSR count). The van der Waals surface area contributed by atoms with E-state index in [-0.39, 0.29) is 0 Å². The zero-order valence-electron chi connectivity index (χ0n) is 12.9. The number of nitrogens with zero attached hydrogens (tertiary/aromatic N) is 8. The number of aromatic nitrogens is 8. The highest BCUT2D eigenvalue weighted by atomic mass is 16.3. The molecule has 0 N–H and O–H groups in total. The lowest BCUT2D eigenvalue weighted by atomic mass is 10.2. The van der Waals surface area contributed by atoms with Crippen LogP contribution >= 0.6 is 0 Å². The fourth-order valence-electron chi connectivity index (χ4n) is 2.83. The van der Waals surface area contributed by atoms with Crippen LogP contribution in [-0.4, -0.2) is 40.6 Å². The van der Waals surface area contributed by atoms with Gasteiger partial charge in [-0.2, -0.15) is 5.10 Å². The Morgan fingerprint density at radius 3 is 2.12 bits per heavy atom. The minimum absolute atomic E-state index is 0.409. The molecule has 0 saturated carbocycles. The van der Waals surface area contributed by atoms with E-state index < -0.39 is 0 Å².